The van der Waals surface area contributed by atoms with Crippen LogP contribution in [0.2, 0.25) is 0 Å². The van der Waals surface area contributed by atoms with E-state index in [2.05, 4.69) is 33.6 Å². The number of carbonyl (C=O) groups excluding carboxylic acids is 1. The first kappa shape index (κ1) is 18.7. The van der Waals surface area contributed by atoms with Crippen LogP contribution in [0.1, 0.15) is 28.4 Å². The van der Waals surface area contributed by atoms with Gasteiger partial charge in [-0.1, -0.05) is 18.2 Å². The fourth-order valence-electron chi connectivity index (χ4n) is 4.07. The molecule has 0 spiro atoms. The zero-order valence-corrected chi connectivity index (χ0v) is 16.8. The molecule has 1 aromatic carbocycles. The van der Waals surface area contributed by atoms with Crippen molar-refractivity contribution in [2.75, 3.05) is 32.7 Å². The third-order valence-electron chi connectivity index (χ3n) is 5.79. The van der Waals surface area contributed by atoms with Crippen molar-refractivity contribution in [3.05, 3.63) is 65.5 Å². The van der Waals surface area contributed by atoms with Gasteiger partial charge >= 0.3 is 0 Å². The van der Waals surface area contributed by atoms with Crippen LogP contribution in [0.4, 0.5) is 0 Å². The zero-order chi connectivity index (χ0) is 19.5. The minimum Gasteiger partial charge on any atom is -0.336 e. The molecule has 1 saturated heterocycles. The SMILES string of the molecule is CCn1cc(CCN2CCN(C(=O)c3ccccc3C)CC2)c2cccnc21. The number of piperazine rings is 1. The molecule has 2 aromatic heterocycles. The molecule has 1 aliphatic heterocycles. The lowest BCUT2D eigenvalue weighted by Gasteiger charge is -2.35. The van der Waals surface area contributed by atoms with Crippen LogP contribution in [0.5, 0.6) is 0 Å². The van der Waals surface area contributed by atoms with E-state index in [9.17, 15) is 4.79 Å². The molecule has 28 heavy (non-hydrogen) atoms. The van der Waals surface area contributed by atoms with Crippen LogP contribution in [0.25, 0.3) is 11.0 Å². The second-order valence-corrected chi connectivity index (χ2v) is 7.51. The zero-order valence-electron chi connectivity index (χ0n) is 16.8. The van der Waals surface area contributed by atoms with Crippen molar-refractivity contribution in [3.63, 3.8) is 0 Å². The van der Waals surface area contributed by atoms with Crippen LogP contribution in [0.3, 0.4) is 0 Å². The Bertz CT molecular complexity index is 970. The highest BCUT2D eigenvalue weighted by atomic mass is 16.2. The van der Waals surface area contributed by atoms with Gasteiger partial charge in [0.25, 0.3) is 5.91 Å². The topological polar surface area (TPSA) is 41.4 Å². The maximum absolute atomic E-state index is 12.8. The summed E-state index contributed by atoms with van der Waals surface area (Å²) in [5, 5.41) is 1.26. The van der Waals surface area contributed by atoms with Crippen molar-refractivity contribution >= 4 is 16.9 Å². The maximum atomic E-state index is 12.8. The fraction of sp³-hybridized carbons (Fsp3) is 0.391. The van der Waals surface area contributed by atoms with Crippen LogP contribution >= 0.6 is 0 Å². The number of hydrogen-bond donors (Lipinski definition) is 0. The molecule has 5 nitrogen and oxygen atoms in total. The first-order valence-corrected chi connectivity index (χ1v) is 10.2. The molecule has 0 aliphatic carbocycles. The monoisotopic (exact) mass is 376 g/mol. The van der Waals surface area contributed by atoms with E-state index in [1.54, 1.807) is 0 Å². The summed E-state index contributed by atoms with van der Waals surface area (Å²) >= 11 is 0. The Kier molecular flexibility index (Phi) is 5.44. The van der Waals surface area contributed by atoms with Gasteiger partial charge in [-0.3, -0.25) is 9.69 Å². The molecule has 1 aliphatic rings. The molecule has 0 saturated carbocycles. The van der Waals surface area contributed by atoms with Gasteiger partial charge in [-0.05, 0) is 49.6 Å². The number of aryl methyl sites for hydroxylation is 2. The number of benzene rings is 1. The summed E-state index contributed by atoms with van der Waals surface area (Å²) < 4.78 is 2.23. The van der Waals surface area contributed by atoms with E-state index >= 15 is 0 Å². The maximum Gasteiger partial charge on any atom is 0.254 e. The highest BCUT2D eigenvalue weighted by Gasteiger charge is 2.23. The minimum absolute atomic E-state index is 0.162. The van der Waals surface area contributed by atoms with Crippen molar-refractivity contribution in [1.29, 1.82) is 0 Å². The summed E-state index contributed by atoms with van der Waals surface area (Å²) in [5.74, 6) is 0.162. The summed E-state index contributed by atoms with van der Waals surface area (Å²) in [6.45, 7) is 9.58. The van der Waals surface area contributed by atoms with E-state index in [0.717, 1.165) is 62.5 Å². The highest BCUT2D eigenvalue weighted by Crippen LogP contribution is 2.20. The third kappa shape index (κ3) is 3.67. The number of amides is 1. The van der Waals surface area contributed by atoms with Crippen molar-refractivity contribution in [2.24, 2.45) is 0 Å². The van der Waals surface area contributed by atoms with E-state index < -0.39 is 0 Å². The molecule has 0 N–H and O–H groups in total. The molecule has 0 unspecified atom stereocenters. The summed E-state index contributed by atoms with van der Waals surface area (Å²) in [5.41, 5.74) is 4.32. The Hall–Kier alpha value is -2.66. The van der Waals surface area contributed by atoms with Crippen LogP contribution < -0.4 is 0 Å². The number of carbonyl (C=O) groups is 1. The molecule has 5 heteroatoms. The van der Waals surface area contributed by atoms with Gasteiger partial charge in [0, 0.05) is 62.6 Å². The highest BCUT2D eigenvalue weighted by molar-refractivity contribution is 5.95. The number of pyridine rings is 1. The molecule has 0 atom stereocenters. The lowest BCUT2D eigenvalue weighted by molar-refractivity contribution is 0.0638. The normalized spacial score (nSPS) is 15.3. The second kappa shape index (κ2) is 8.15. The van der Waals surface area contributed by atoms with Gasteiger partial charge in [0.05, 0.1) is 0 Å². The molecule has 1 amide bonds. The molecule has 4 rings (SSSR count). The summed E-state index contributed by atoms with van der Waals surface area (Å²) in [7, 11) is 0. The number of hydrogen-bond acceptors (Lipinski definition) is 3. The van der Waals surface area contributed by atoms with Crippen LogP contribution in [0.15, 0.2) is 48.8 Å². The summed E-state index contributed by atoms with van der Waals surface area (Å²) in [4.78, 5) is 21.8. The quantitative estimate of drug-likeness (QED) is 0.686. The Morgan fingerprint density at radius 2 is 1.86 bits per heavy atom. The van der Waals surface area contributed by atoms with Crippen molar-refractivity contribution in [3.8, 4) is 0 Å². The summed E-state index contributed by atoms with van der Waals surface area (Å²) in [6.07, 6.45) is 5.12. The molecule has 146 valence electrons. The first-order valence-electron chi connectivity index (χ1n) is 10.2. The van der Waals surface area contributed by atoms with Crippen molar-refractivity contribution < 1.29 is 4.79 Å². The van der Waals surface area contributed by atoms with E-state index in [1.165, 1.54) is 10.9 Å². The average molecular weight is 377 g/mol. The van der Waals surface area contributed by atoms with Gasteiger partial charge < -0.3 is 9.47 Å². The fourth-order valence-corrected chi connectivity index (χ4v) is 4.07. The lowest BCUT2D eigenvalue weighted by atomic mass is 10.1. The Labute approximate surface area is 166 Å². The van der Waals surface area contributed by atoms with Gasteiger partial charge in [0.15, 0.2) is 0 Å². The lowest BCUT2D eigenvalue weighted by Crippen LogP contribution is -2.49. The number of nitrogens with zero attached hydrogens (tertiary/aromatic N) is 4. The van der Waals surface area contributed by atoms with Gasteiger partial charge in [-0.25, -0.2) is 4.98 Å². The molecule has 3 aromatic rings. The van der Waals surface area contributed by atoms with E-state index in [0.29, 0.717) is 0 Å². The third-order valence-corrected chi connectivity index (χ3v) is 5.79. The van der Waals surface area contributed by atoms with E-state index in [-0.39, 0.29) is 5.91 Å². The number of aromatic nitrogens is 2. The van der Waals surface area contributed by atoms with Crippen LogP contribution in [-0.4, -0.2) is 58.0 Å². The van der Waals surface area contributed by atoms with Crippen LogP contribution in [0, 0.1) is 6.92 Å². The Morgan fingerprint density at radius 3 is 2.61 bits per heavy atom. The Balaban J connectivity index is 1.35. The van der Waals surface area contributed by atoms with Crippen LogP contribution in [-0.2, 0) is 13.0 Å². The smallest absolute Gasteiger partial charge is 0.254 e. The number of fused-ring (bicyclic) bond motifs is 1. The van der Waals surface area contributed by atoms with Gasteiger partial charge in [-0.15, -0.1) is 0 Å². The van der Waals surface area contributed by atoms with Crippen molar-refractivity contribution in [2.45, 2.75) is 26.8 Å². The molecule has 0 radical (unpaired) electrons. The first-order chi connectivity index (χ1) is 13.7. The van der Waals surface area contributed by atoms with E-state index in [1.807, 2.05) is 48.4 Å². The summed E-state index contributed by atoms with van der Waals surface area (Å²) in [6, 6.07) is 12.0. The molecular formula is C23H28N4O. The average Bonchev–Trinajstić information content (AvgIpc) is 3.10. The predicted octanol–water partition coefficient (Wildman–Crippen LogP) is 3.37. The minimum atomic E-state index is 0.162. The van der Waals surface area contributed by atoms with Crippen molar-refractivity contribution in [1.82, 2.24) is 19.4 Å². The second-order valence-electron chi connectivity index (χ2n) is 7.51. The van der Waals surface area contributed by atoms with Gasteiger partial charge in [-0.2, -0.15) is 0 Å². The van der Waals surface area contributed by atoms with Gasteiger partial charge in [0.2, 0.25) is 0 Å². The predicted molar refractivity (Wildman–Crippen MR) is 113 cm³/mol. The van der Waals surface area contributed by atoms with Gasteiger partial charge in [0.1, 0.15) is 5.65 Å². The molecule has 1 fully saturated rings. The number of rotatable bonds is 5. The molecular weight excluding hydrogens is 348 g/mol. The largest absolute Gasteiger partial charge is 0.336 e. The van der Waals surface area contributed by atoms with E-state index in [4.69, 9.17) is 0 Å². The molecule has 3 heterocycles. The standard InChI is InChI=1S/C23H28N4O/c1-3-26-17-19(21-9-6-11-24-22(21)26)10-12-25-13-15-27(16-14-25)23(28)20-8-5-4-7-18(20)2/h4-9,11,17H,3,10,12-16H2,1-2H3. The Morgan fingerprint density at radius 1 is 1.07 bits per heavy atom. The molecule has 0 bridgehead atoms.